The van der Waals surface area contributed by atoms with Gasteiger partial charge in [-0.3, -0.25) is 14.3 Å². The van der Waals surface area contributed by atoms with E-state index in [9.17, 15) is 9.59 Å². The quantitative estimate of drug-likeness (QED) is 0.748. The fourth-order valence-corrected chi connectivity index (χ4v) is 1.13. The van der Waals surface area contributed by atoms with Crippen LogP contribution in [0.3, 0.4) is 0 Å². The number of carbonyl (C=O) groups excluding carboxylic acids is 1. The molecule has 0 spiro atoms. The van der Waals surface area contributed by atoms with E-state index < -0.39 is 5.97 Å². The number of rotatable bonds is 5. The summed E-state index contributed by atoms with van der Waals surface area (Å²) in [6.45, 7) is 3.91. The highest BCUT2D eigenvalue weighted by atomic mass is 16.4. The van der Waals surface area contributed by atoms with Crippen LogP contribution in [-0.2, 0) is 4.79 Å². The lowest BCUT2D eigenvalue weighted by molar-refractivity contribution is -0.136. The van der Waals surface area contributed by atoms with Crippen molar-refractivity contribution < 1.29 is 14.7 Å². The Balaban J connectivity index is 2.62. The number of aliphatic carboxylic acids is 1. The Morgan fingerprint density at radius 3 is 2.60 bits per heavy atom. The maximum absolute atomic E-state index is 11.5. The van der Waals surface area contributed by atoms with Crippen LogP contribution in [0.5, 0.6) is 0 Å². The molecule has 15 heavy (non-hydrogen) atoms. The zero-order valence-electron chi connectivity index (χ0n) is 8.80. The van der Waals surface area contributed by atoms with E-state index in [-0.39, 0.29) is 24.7 Å². The number of nitrogens with zero attached hydrogens (tertiary/aromatic N) is 2. The average molecular weight is 210 g/mol. The molecule has 1 rings (SSSR count). The highest BCUT2D eigenvalue weighted by Crippen LogP contribution is 2.08. The van der Waals surface area contributed by atoms with E-state index in [1.54, 1.807) is 10.9 Å². The van der Waals surface area contributed by atoms with E-state index in [0.717, 1.165) is 0 Å². The topological polar surface area (TPSA) is 72.2 Å². The van der Waals surface area contributed by atoms with Crippen molar-refractivity contribution in [3.8, 4) is 0 Å². The lowest BCUT2D eigenvalue weighted by Crippen LogP contribution is -2.03. The number of Topliss-reactive ketones (excluding diaryl/α,β-unsaturated/α-hetero) is 1. The molecule has 0 aliphatic carbocycles. The van der Waals surface area contributed by atoms with Gasteiger partial charge in [-0.1, -0.05) is 0 Å². The van der Waals surface area contributed by atoms with Crippen LogP contribution >= 0.6 is 0 Å². The Morgan fingerprint density at radius 1 is 1.47 bits per heavy atom. The standard InChI is InChI=1S/C10H14N2O3/c1-7(2)12-6-8(5-11-12)9(13)3-4-10(14)15/h5-7H,3-4H2,1-2H3,(H,14,15). The van der Waals surface area contributed by atoms with Gasteiger partial charge in [-0.15, -0.1) is 0 Å². The molecule has 0 saturated heterocycles. The van der Waals surface area contributed by atoms with Crippen molar-refractivity contribution in [2.45, 2.75) is 32.7 Å². The molecule has 5 heteroatoms. The Morgan fingerprint density at radius 2 is 2.13 bits per heavy atom. The molecule has 1 heterocycles. The minimum absolute atomic E-state index is 0.0269. The van der Waals surface area contributed by atoms with Gasteiger partial charge in [-0.2, -0.15) is 5.10 Å². The molecule has 0 aliphatic rings. The van der Waals surface area contributed by atoms with Crippen molar-refractivity contribution in [2.75, 3.05) is 0 Å². The first kappa shape index (κ1) is 11.4. The Labute approximate surface area is 87.7 Å². The molecule has 5 nitrogen and oxygen atoms in total. The van der Waals surface area contributed by atoms with Gasteiger partial charge in [0.2, 0.25) is 0 Å². The van der Waals surface area contributed by atoms with Crippen molar-refractivity contribution in [1.29, 1.82) is 0 Å². The number of hydrogen-bond acceptors (Lipinski definition) is 3. The summed E-state index contributed by atoms with van der Waals surface area (Å²) in [4.78, 5) is 21.7. The predicted octanol–water partition coefficient (Wildman–Crippen LogP) is 1.51. The minimum Gasteiger partial charge on any atom is -0.481 e. The van der Waals surface area contributed by atoms with Crippen molar-refractivity contribution in [3.63, 3.8) is 0 Å². The third-order valence-corrected chi connectivity index (χ3v) is 2.02. The summed E-state index contributed by atoms with van der Waals surface area (Å²) >= 11 is 0. The molecule has 82 valence electrons. The van der Waals surface area contributed by atoms with E-state index in [1.165, 1.54) is 6.20 Å². The van der Waals surface area contributed by atoms with Crippen LogP contribution in [0.15, 0.2) is 12.4 Å². The van der Waals surface area contributed by atoms with E-state index in [4.69, 9.17) is 5.11 Å². The smallest absolute Gasteiger partial charge is 0.303 e. The zero-order valence-corrected chi connectivity index (χ0v) is 8.80. The van der Waals surface area contributed by atoms with Crippen LogP contribution in [0.1, 0.15) is 43.1 Å². The van der Waals surface area contributed by atoms with Crippen molar-refractivity contribution in [3.05, 3.63) is 18.0 Å². The third kappa shape index (κ3) is 3.19. The lowest BCUT2D eigenvalue weighted by Gasteiger charge is -2.02. The normalized spacial score (nSPS) is 10.6. The van der Waals surface area contributed by atoms with Crippen LogP contribution in [0.25, 0.3) is 0 Å². The summed E-state index contributed by atoms with van der Waals surface area (Å²) < 4.78 is 1.67. The van der Waals surface area contributed by atoms with E-state index in [0.29, 0.717) is 5.56 Å². The molecule has 0 atom stereocenters. The lowest BCUT2D eigenvalue weighted by atomic mass is 10.1. The van der Waals surface area contributed by atoms with E-state index >= 15 is 0 Å². The Hall–Kier alpha value is -1.65. The van der Waals surface area contributed by atoms with Gasteiger partial charge in [0.15, 0.2) is 5.78 Å². The summed E-state index contributed by atoms with van der Waals surface area (Å²) in [6, 6.07) is 0.200. The second-order valence-corrected chi connectivity index (χ2v) is 3.62. The molecule has 0 aromatic carbocycles. The molecule has 0 fully saturated rings. The molecular formula is C10H14N2O3. The van der Waals surface area contributed by atoms with Gasteiger partial charge < -0.3 is 5.11 Å². The number of carbonyl (C=O) groups is 2. The van der Waals surface area contributed by atoms with Crippen LogP contribution in [0.2, 0.25) is 0 Å². The van der Waals surface area contributed by atoms with Crippen molar-refractivity contribution >= 4 is 11.8 Å². The number of carboxylic acids is 1. The maximum Gasteiger partial charge on any atom is 0.303 e. The summed E-state index contributed by atoms with van der Waals surface area (Å²) in [5.74, 6) is -1.14. The zero-order chi connectivity index (χ0) is 11.4. The van der Waals surface area contributed by atoms with Gasteiger partial charge in [-0.25, -0.2) is 0 Å². The van der Waals surface area contributed by atoms with Crippen LogP contribution in [-0.4, -0.2) is 26.6 Å². The summed E-state index contributed by atoms with van der Waals surface area (Å²) in [6.07, 6.45) is 3.02. The third-order valence-electron chi connectivity index (χ3n) is 2.02. The van der Waals surface area contributed by atoms with Gasteiger partial charge in [0.05, 0.1) is 18.2 Å². The number of aromatic nitrogens is 2. The fraction of sp³-hybridized carbons (Fsp3) is 0.500. The molecule has 0 bridgehead atoms. The average Bonchev–Trinajstić information content (AvgIpc) is 2.62. The number of hydrogen-bond donors (Lipinski definition) is 1. The predicted molar refractivity (Wildman–Crippen MR) is 53.8 cm³/mol. The van der Waals surface area contributed by atoms with Gasteiger partial charge in [0.25, 0.3) is 0 Å². The first-order chi connectivity index (χ1) is 7.00. The summed E-state index contributed by atoms with van der Waals surface area (Å²) in [5.41, 5.74) is 0.477. The first-order valence-corrected chi connectivity index (χ1v) is 4.80. The van der Waals surface area contributed by atoms with Gasteiger partial charge >= 0.3 is 5.97 Å². The van der Waals surface area contributed by atoms with Crippen LogP contribution < -0.4 is 0 Å². The SMILES string of the molecule is CC(C)n1cc(C(=O)CCC(=O)O)cn1. The Kier molecular flexibility index (Phi) is 3.60. The number of carboxylic acid groups (broad SMARTS) is 1. The fourth-order valence-electron chi connectivity index (χ4n) is 1.13. The molecule has 1 N–H and O–H groups in total. The first-order valence-electron chi connectivity index (χ1n) is 4.80. The largest absolute Gasteiger partial charge is 0.481 e. The Bertz CT molecular complexity index is 368. The molecule has 0 aliphatic heterocycles. The summed E-state index contributed by atoms with van der Waals surface area (Å²) in [5, 5.41) is 12.4. The maximum atomic E-state index is 11.5. The highest BCUT2D eigenvalue weighted by Gasteiger charge is 2.11. The molecule has 0 radical (unpaired) electrons. The second-order valence-electron chi connectivity index (χ2n) is 3.62. The van der Waals surface area contributed by atoms with Crippen molar-refractivity contribution in [2.24, 2.45) is 0 Å². The summed E-state index contributed by atoms with van der Waals surface area (Å²) in [7, 11) is 0. The molecule has 1 aromatic heterocycles. The van der Waals surface area contributed by atoms with E-state index in [1.807, 2.05) is 13.8 Å². The molecule has 0 unspecified atom stereocenters. The minimum atomic E-state index is -0.959. The van der Waals surface area contributed by atoms with Crippen molar-refractivity contribution in [1.82, 2.24) is 9.78 Å². The number of ketones is 1. The van der Waals surface area contributed by atoms with Gasteiger partial charge in [-0.05, 0) is 13.8 Å². The monoisotopic (exact) mass is 210 g/mol. The molecule has 0 saturated carbocycles. The molecule has 1 aromatic rings. The second kappa shape index (κ2) is 4.72. The molecule has 0 amide bonds. The van der Waals surface area contributed by atoms with Gasteiger partial charge in [0.1, 0.15) is 0 Å². The molecular weight excluding hydrogens is 196 g/mol. The van der Waals surface area contributed by atoms with Crippen LogP contribution in [0, 0.1) is 0 Å². The highest BCUT2D eigenvalue weighted by molar-refractivity contribution is 5.96. The van der Waals surface area contributed by atoms with E-state index in [2.05, 4.69) is 5.10 Å². The van der Waals surface area contributed by atoms with Gasteiger partial charge in [0, 0.05) is 18.7 Å². The van der Waals surface area contributed by atoms with Crippen LogP contribution in [0.4, 0.5) is 0 Å².